The molecule has 0 amide bonds. The van der Waals surface area contributed by atoms with Gasteiger partial charge in [0.2, 0.25) is 5.95 Å². The van der Waals surface area contributed by atoms with Gasteiger partial charge in [0.25, 0.3) is 0 Å². The van der Waals surface area contributed by atoms with Gasteiger partial charge in [-0.3, -0.25) is 4.90 Å². The Hall–Kier alpha value is -3.49. The third-order valence-corrected chi connectivity index (χ3v) is 5.92. The van der Waals surface area contributed by atoms with Crippen molar-refractivity contribution in [2.75, 3.05) is 50.4 Å². The minimum Gasteiger partial charge on any atom is -0.383 e. The van der Waals surface area contributed by atoms with Crippen LogP contribution in [0.5, 0.6) is 0 Å². The molecule has 0 unspecified atom stereocenters. The van der Waals surface area contributed by atoms with E-state index in [0.717, 1.165) is 67.2 Å². The molecule has 3 N–H and O–H groups in total. The molecule has 3 heterocycles. The van der Waals surface area contributed by atoms with Gasteiger partial charge in [0.1, 0.15) is 5.82 Å². The van der Waals surface area contributed by atoms with Crippen LogP contribution in [0.25, 0.3) is 22.3 Å². The van der Waals surface area contributed by atoms with E-state index in [1.165, 1.54) is 0 Å². The van der Waals surface area contributed by atoms with Crippen molar-refractivity contribution in [1.29, 1.82) is 0 Å². The molecule has 33 heavy (non-hydrogen) atoms. The molecule has 5 rings (SSSR count). The van der Waals surface area contributed by atoms with E-state index >= 15 is 0 Å². The van der Waals surface area contributed by atoms with Crippen LogP contribution in [0.4, 0.5) is 11.8 Å². The molecule has 4 aromatic rings. The molecule has 170 valence electrons. The third kappa shape index (κ3) is 4.81. The lowest BCUT2D eigenvalue weighted by Crippen LogP contribution is -2.39. The van der Waals surface area contributed by atoms with Crippen LogP contribution in [0.3, 0.4) is 0 Å². The molecule has 0 atom stereocenters. The van der Waals surface area contributed by atoms with Gasteiger partial charge in [0.15, 0.2) is 5.65 Å². The molecular formula is C25H29N7O. The molecule has 2 aromatic carbocycles. The summed E-state index contributed by atoms with van der Waals surface area (Å²) in [6.45, 7) is 7.80. The summed E-state index contributed by atoms with van der Waals surface area (Å²) in [5.74, 6) is 1.14. The lowest BCUT2D eigenvalue weighted by Gasteiger charge is -2.26. The van der Waals surface area contributed by atoms with Gasteiger partial charge < -0.3 is 15.8 Å². The third-order valence-electron chi connectivity index (χ3n) is 5.92. The first-order chi connectivity index (χ1) is 16.2. The summed E-state index contributed by atoms with van der Waals surface area (Å²) >= 11 is 0. The number of anilines is 2. The number of benzene rings is 2. The Morgan fingerprint density at radius 1 is 1.03 bits per heavy atom. The molecule has 8 nitrogen and oxygen atoms in total. The summed E-state index contributed by atoms with van der Waals surface area (Å²) in [7, 11) is 0. The van der Waals surface area contributed by atoms with Crippen molar-refractivity contribution in [3.8, 4) is 11.3 Å². The largest absolute Gasteiger partial charge is 0.383 e. The number of hydrogen-bond acceptors (Lipinski definition) is 7. The number of nitrogen functional groups attached to an aromatic ring is 1. The van der Waals surface area contributed by atoms with Crippen molar-refractivity contribution < 1.29 is 4.74 Å². The Morgan fingerprint density at radius 2 is 1.85 bits per heavy atom. The van der Waals surface area contributed by atoms with E-state index in [1.54, 1.807) is 0 Å². The number of aryl methyl sites for hydroxylation is 1. The van der Waals surface area contributed by atoms with Gasteiger partial charge in [-0.2, -0.15) is 4.98 Å². The van der Waals surface area contributed by atoms with Crippen molar-refractivity contribution in [1.82, 2.24) is 24.6 Å². The highest BCUT2D eigenvalue weighted by Crippen LogP contribution is 2.32. The second-order valence-corrected chi connectivity index (χ2v) is 8.37. The van der Waals surface area contributed by atoms with E-state index in [0.29, 0.717) is 24.0 Å². The van der Waals surface area contributed by atoms with Gasteiger partial charge in [-0.25, -0.2) is 9.67 Å². The normalized spacial score (nSPS) is 14.6. The number of nitrogens with one attached hydrogen (secondary N) is 1. The number of ether oxygens (including phenoxy) is 1. The molecule has 1 aliphatic rings. The van der Waals surface area contributed by atoms with Crippen LogP contribution < -0.4 is 11.1 Å². The number of morpholine rings is 1. The predicted octanol–water partition coefficient (Wildman–Crippen LogP) is 3.18. The fourth-order valence-electron chi connectivity index (χ4n) is 4.16. The fourth-order valence-corrected chi connectivity index (χ4v) is 4.16. The Labute approximate surface area is 193 Å². The van der Waals surface area contributed by atoms with Gasteiger partial charge in [-0.15, -0.1) is 5.10 Å². The van der Waals surface area contributed by atoms with Crippen LogP contribution in [0.15, 0.2) is 54.6 Å². The van der Waals surface area contributed by atoms with Crippen LogP contribution in [0, 0.1) is 6.92 Å². The zero-order chi connectivity index (χ0) is 22.6. The quantitative estimate of drug-likeness (QED) is 0.453. The highest BCUT2D eigenvalue weighted by atomic mass is 16.5. The number of nitrogens with zero attached hydrogens (tertiary/aromatic N) is 5. The number of fused-ring (bicyclic) bond motifs is 1. The molecule has 2 aromatic heterocycles. The van der Waals surface area contributed by atoms with Crippen molar-refractivity contribution >= 4 is 22.8 Å². The Morgan fingerprint density at radius 3 is 2.64 bits per heavy atom. The Kier molecular flexibility index (Phi) is 6.19. The van der Waals surface area contributed by atoms with Crippen molar-refractivity contribution in [3.05, 3.63) is 65.7 Å². The Balaban J connectivity index is 1.49. The molecule has 0 radical (unpaired) electrons. The van der Waals surface area contributed by atoms with Crippen molar-refractivity contribution in [2.45, 2.75) is 13.5 Å². The fraction of sp³-hybridized carbons (Fsp3) is 0.320. The highest BCUT2D eigenvalue weighted by molar-refractivity contribution is 5.99. The number of hydrogen-bond donors (Lipinski definition) is 2. The minimum atomic E-state index is 0.566. The minimum absolute atomic E-state index is 0.566. The molecule has 1 fully saturated rings. The monoisotopic (exact) mass is 443 g/mol. The summed E-state index contributed by atoms with van der Waals surface area (Å²) in [6, 6.07) is 18.5. The van der Waals surface area contributed by atoms with Gasteiger partial charge in [0.05, 0.1) is 30.8 Å². The summed E-state index contributed by atoms with van der Waals surface area (Å²) in [6.07, 6.45) is 0. The van der Waals surface area contributed by atoms with Gasteiger partial charge >= 0.3 is 0 Å². The van der Waals surface area contributed by atoms with E-state index in [-0.39, 0.29) is 0 Å². The number of rotatable bonds is 7. The number of aromatic nitrogens is 4. The summed E-state index contributed by atoms with van der Waals surface area (Å²) < 4.78 is 7.24. The highest BCUT2D eigenvalue weighted by Gasteiger charge is 2.19. The van der Waals surface area contributed by atoms with Crippen LogP contribution in [-0.2, 0) is 11.3 Å². The first-order valence-corrected chi connectivity index (χ1v) is 11.4. The van der Waals surface area contributed by atoms with Crippen LogP contribution in [-0.4, -0.2) is 64.0 Å². The average molecular weight is 444 g/mol. The van der Waals surface area contributed by atoms with E-state index in [9.17, 15) is 0 Å². The van der Waals surface area contributed by atoms with Crippen LogP contribution in [0.1, 0.15) is 11.1 Å². The first kappa shape index (κ1) is 21.4. The Bertz CT molecular complexity index is 1230. The van der Waals surface area contributed by atoms with Gasteiger partial charge in [-0.05, 0) is 18.6 Å². The topological polar surface area (TPSA) is 94.1 Å². The second-order valence-electron chi connectivity index (χ2n) is 8.37. The maximum atomic E-state index is 6.59. The van der Waals surface area contributed by atoms with E-state index in [2.05, 4.69) is 47.5 Å². The molecular weight excluding hydrogens is 414 g/mol. The van der Waals surface area contributed by atoms with E-state index in [4.69, 9.17) is 25.5 Å². The maximum absolute atomic E-state index is 6.59. The summed E-state index contributed by atoms with van der Waals surface area (Å²) in [5, 5.41) is 8.93. The van der Waals surface area contributed by atoms with Gasteiger partial charge in [-0.1, -0.05) is 54.1 Å². The molecule has 0 spiro atoms. The maximum Gasteiger partial charge on any atom is 0.225 e. The first-order valence-electron chi connectivity index (χ1n) is 11.4. The van der Waals surface area contributed by atoms with Crippen LogP contribution in [0.2, 0.25) is 0 Å². The SMILES string of the molecule is Cc1cccc(-c2nc(NCCN3CCOCC3)nc3nn(Cc4ccccc4)c(N)c23)c1. The van der Waals surface area contributed by atoms with E-state index < -0.39 is 0 Å². The molecule has 8 heteroatoms. The second kappa shape index (κ2) is 9.56. The summed E-state index contributed by atoms with van der Waals surface area (Å²) in [5.41, 5.74) is 11.3. The molecule has 0 aliphatic carbocycles. The van der Waals surface area contributed by atoms with Crippen molar-refractivity contribution in [3.63, 3.8) is 0 Å². The van der Waals surface area contributed by atoms with Gasteiger partial charge in [0, 0.05) is 31.7 Å². The zero-order valence-electron chi connectivity index (χ0n) is 18.9. The zero-order valence-corrected chi connectivity index (χ0v) is 18.9. The van der Waals surface area contributed by atoms with E-state index in [1.807, 2.05) is 28.9 Å². The van der Waals surface area contributed by atoms with Crippen molar-refractivity contribution in [2.24, 2.45) is 0 Å². The standard InChI is InChI=1S/C25H29N7O/c1-18-6-5-9-20(16-18)22-21-23(26)32(17-19-7-3-2-4-8-19)30-24(21)29-25(28-22)27-10-11-31-12-14-33-15-13-31/h2-9,16H,10-15,17,26H2,1H3,(H,27,29,30). The lowest BCUT2D eigenvalue weighted by molar-refractivity contribution is 0.0398. The smallest absolute Gasteiger partial charge is 0.225 e. The lowest BCUT2D eigenvalue weighted by atomic mass is 10.1. The van der Waals surface area contributed by atoms with Crippen LogP contribution >= 0.6 is 0 Å². The molecule has 1 aliphatic heterocycles. The average Bonchev–Trinajstić information content (AvgIpc) is 3.15. The number of nitrogens with two attached hydrogens (primary N) is 1. The molecule has 0 bridgehead atoms. The summed E-state index contributed by atoms with van der Waals surface area (Å²) in [4.78, 5) is 12.0. The molecule has 0 saturated carbocycles. The predicted molar refractivity (Wildman–Crippen MR) is 131 cm³/mol. The molecule has 1 saturated heterocycles.